The molecule has 56 valence electrons. The Morgan fingerprint density at radius 1 is 1.56 bits per heavy atom. The average molecular weight is 152 g/mol. The fourth-order valence-corrected chi connectivity index (χ4v) is 0.639. The average Bonchev–Trinajstić information content (AvgIpc) is 1.83. The van der Waals surface area contributed by atoms with Gasteiger partial charge in [-0.2, -0.15) is 0 Å². The van der Waals surface area contributed by atoms with Gasteiger partial charge in [-0.3, -0.25) is 0 Å². The summed E-state index contributed by atoms with van der Waals surface area (Å²) in [4.78, 5) is 2.02. The smallest absolute Gasteiger partial charge is 0.0687 e. The Morgan fingerprint density at radius 2 is 2.11 bits per heavy atom. The first-order valence-corrected chi connectivity index (χ1v) is 3.59. The van der Waals surface area contributed by atoms with E-state index in [0.29, 0.717) is 5.88 Å². The zero-order valence-corrected chi connectivity index (χ0v) is 6.73. The van der Waals surface area contributed by atoms with Gasteiger partial charge in [0.05, 0.1) is 6.10 Å². The molecule has 0 aliphatic heterocycles. The van der Waals surface area contributed by atoms with Crippen LogP contribution in [0.4, 0.5) is 0 Å². The second-order valence-electron chi connectivity index (χ2n) is 2.40. The fraction of sp³-hybridized carbons (Fsp3) is 1.00. The van der Waals surface area contributed by atoms with Crippen LogP contribution in [-0.4, -0.2) is 42.6 Å². The molecule has 0 fully saturated rings. The highest BCUT2D eigenvalue weighted by Crippen LogP contribution is 1.94. The second-order valence-corrected chi connectivity index (χ2v) is 2.71. The topological polar surface area (TPSA) is 23.5 Å². The summed E-state index contributed by atoms with van der Waals surface area (Å²) in [6.07, 6.45) is 0.422. The van der Waals surface area contributed by atoms with E-state index < -0.39 is 0 Å². The van der Waals surface area contributed by atoms with Crippen molar-refractivity contribution in [2.24, 2.45) is 0 Å². The lowest BCUT2D eigenvalue weighted by Gasteiger charge is -2.11. The van der Waals surface area contributed by atoms with Gasteiger partial charge in [0, 0.05) is 12.4 Å². The van der Waals surface area contributed by atoms with Crippen LogP contribution in [0.25, 0.3) is 0 Å². The van der Waals surface area contributed by atoms with Crippen LogP contribution in [0.15, 0.2) is 0 Å². The third-order valence-corrected chi connectivity index (χ3v) is 1.44. The van der Waals surface area contributed by atoms with E-state index in [2.05, 4.69) is 0 Å². The first kappa shape index (κ1) is 9.21. The Bertz CT molecular complexity index is 68.1. The molecule has 0 saturated carbocycles. The molecule has 2 nitrogen and oxygen atoms in total. The molecule has 0 aliphatic carbocycles. The Morgan fingerprint density at radius 3 is 2.44 bits per heavy atom. The number of halogens is 1. The summed E-state index contributed by atoms with van der Waals surface area (Å²) in [7, 11) is 3.95. The molecule has 0 heterocycles. The molecule has 1 atom stereocenters. The molecule has 0 amide bonds. The monoisotopic (exact) mass is 151 g/mol. The molecule has 0 aliphatic rings. The first-order valence-electron chi connectivity index (χ1n) is 3.05. The first-order chi connectivity index (χ1) is 4.16. The van der Waals surface area contributed by atoms with Crippen LogP contribution < -0.4 is 0 Å². The van der Waals surface area contributed by atoms with E-state index in [9.17, 15) is 0 Å². The number of rotatable bonds is 4. The summed E-state index contributed by atoms with van der Waals surface area (Å²) in [6.45, 7) is 0.897. The number of alkyl halides is 1. The molecular formula is C6H14ClNO. The van der Waals surface area contributed by atoms with Crippen molar-refractivity contribution in [3.8, 4) is 0 Å². The summed E-state index contributed by atoms with van der Waals surface area (Å²) in [5.74, 6) is 0.341. The normalized spacial score (nSPS) is 14.3. The quantitative estimate of drug-likeness (QED) is 0.593. The lowest BCUT2D eigenvalue weighted by Crippen LogP contribution is -2.20. The molecular weight excluding hydrogens is 138 g/mol. The maximum Gasteiger partial charge on any atom is 0.0687 e. The summed E-state index contributed by atoms with van der Waals surface area (Å²) >= 11 is 5.37. The molecule has 0 rings (SSSR count). The van der Waals surface area contributed by atoms with Gasteiger partial charge in [0.15, 0.2) is 0 Å². The summed E-state index contributed by atoms with van der Waals surface area (Å²) in [6, 6.07) is 0. The van der Waals surface area contributed by atoms with Crippen molar-refractivity contribution < 1.29 is 5.11 Å². The summed E-state index contributed by atoms with van der Waals surface area (Å²) < 4.78 is 0. The van der Waals surface area contributed by atoms with Crippen LogP contribution >= 0.6 is 11.6 Å². The minimum atomic E-state index is -0.339. The number of aliphatic hydroxyl groups is 1. The molecule has 0 aromatic rings. The zero-order valence-electron chi connectivity index (χ0n) is 5.97. The molecule has 9 heavy (non-hydrogen) atoms. The fourth-order valence-electron chi connectivity index (χ4n) is 0.484. The van der Waals surface area contributed by atoms with Crippen LogP contribution in [-0.2, 0) is 0 Å². The molecule has 3 heteroatoms. The van der Waals surface area contributed by atoms with Crippen molar-refractivity contribution in [1.29, 1.82) is 0 Å². The minimum absolute atomic E-state index is 0.339. The van der Waals surface area contributed by atoms with Gasteiger partial charge in [-0.25, -0.2) is 0 Å². The number of hydrogen-bond acceptors (Lipinski definition) is 2. The third-order valence-electron chi connectivity index (χ3n) is 1.09. The van der Waals surface area contributed by atoms with Crippen molar-refractivity contribution in [1.82, 2.24) is 4.90 Å². The van der Waals surface area contributed by atoms with Crippen LogP contribution in [0.2, 0.25) is 0 Å². The largest absolute Gasteiger partial charge is 0.392 e. The van der Waals surface area contributed by atoms with Gasteiger partial charge in [0.1, 0.15) is 0 Å². The second kappa shape index (κ2) is 5.03. The van der Waals surface area contributed by atoms with Crippen LogP contribution in [0.3, 0.4) is 0 Å². The standard InChI is InChI=1S/C6H14ClNO/c1-8(2)4-3-6(9)5-7/h6,9H,3-5H2,1-2H3/t6-/m1/s1. The van der Waals surface area contributed by atoms with E-state index in [0.717, 1.165) is 13.0 Å². The van der Waals surface area contributed by atoms with Crippen molar-refractivity contribution in [2.75, 3.05) is 26.5 Å². The molecule has 0 unspecified atom stereocenters. The Balaban J connectivity index is 3.06. The van der Waals surface area contributed by atoms with Gasteiger partial charge < -0.3 is 10.0 Å². The van der Waals surface area contributed by atoms with E-state index in [-0.39, 0.29) is 6.10 Å². The maximum absolute atomic E-state index is 8.95. The molecule has 0 spiro atoms. The van der Waals surface area contributed by atoms with Gasteiger partial charge in [-0.1, -0.05) is 0 Å². The van der Waals surface area contributed by atoms with Gasteiger partial charge >= 0.3 is 0 Å². The van der Waals surface area contributed by atoms with E-state index in [1.165, 1.54) is 0 Å². The van der Waals surface area contributed by atoms with Gasteiger partial charge in [0.25, 0.3) is 0 Å². The van der Waals surface area contributed by atoms with Crippen LogP contribution in [0.1, 0.15) is 6.42 Å². The lowest BCUT2D eigenvalue weighted by atomic mass is 10.3. The van der Waals surface area contributed by atoms with Gasteiger partial charge in [-0.05, 0) is 20.5 Å². The van der Waals surface area contributed by atoms with Crippen molar-refractivity contribution in [3.05, 3.63) is 0 Å². The van der Waals surface area contributed by atoms with Gasteiger partial charge in [0.2, 0.25) is 0 Å². The maximum atomic E-state index is 8.95. The Hall–Kier alpha value is 0.210. The number of hydrogen-bond donors (Lipinski definition) is 1. The molecule has 0 radical (unpaired) electrons. The number of nitrogens with zero attached hydrogens (tertiary/aromatic N) is 1. The van der Waals surface area contributed by atoms with Crippen molar-refractivity contribution in [3.63, 3.8) is 0 Å². The highest BCUT2D eigenvalue weighted by molar-refractivity contribution is 6.18. The van der Waals surface area contributed by atoms with E-state index >= 15 is 0 Å². The predicted octanol–water partition coefficient (Wildman–Crippen LogP) is 0.538. The molecule has 1 N–H and O–H groups in total. The summed E-state index contributed by atoms with van der Waals surface area (Å²) in [5.41, 5.74) is 0. The lowest BCUT2D eigenvalue weighted by molar-refractivity contribution is 0.173. The zero-order chi connectivity index (χ0) is 7.28. The van der Waals surface area contributed by atoms with E-state index in [1.807, 2.05) is 19.0 Å². The van der Waals surface area contributed by atoms with Crippen molar-refractivity contribution >= 4 is 11.6 Å². The Labute approximate surface area is 61.4 Å². The molecule has 0 saturated heterocycles. The number of aliphatic hydroxyl groups excluding tert-OH is 1. The highest BCUT2D eigenvalue weighted by Gasteiger charge is 2.00. The van der Waals surface area contributed by atoms with E-state index in [4.69, 9.17) is 16.7 Å². The minimum Gasteiger partial charge on any atom is -0.392 e. The molecule has 0 aromatic carbocycles. The van der Waals surface area contributed by atoms with Gasteiger partial charge in [-0.15, -0.1) is 11.6 Å². The SMILES string of the molecule is CN(C)CC[C@@H](O)CCl. The highest BCUT2D eigenvalue weighted by atomic mass is 35.5. The van der Waals surface area contributed by atoms with E-state index in [1.54, 1.807) is 0 Å². The third kappa shape index (κ3) is 6.09. The van der Waals surface area contributed by atoms with Crippen LogP contribution in [0.5, 0.6) is 0 Å². The molecule has 0 aromatic heterocycles. The summed E-state index contributed by atoms with van der Waals surface area (Å²) in [5, 5.41) is 8.95. The van der Waals surface area contributed by atoms with Crippen LogP contribution in [0, 0.1) is 0 Å². The Kier molecular flexibility index (Phi) is 5.15. The predicted molar refractivity (Wildman–Crippen MR) is 39.9 cm³/mol. The van der Waals surface area contributed by atoms with Crippen molar-refractivity contribution in [2.45, 2.75) is 12.5 Å². The molecule has 0 bridgehead atoms.